The van der Waals surface area contributed by atoms with E-state index in [1.54, 1.807) is 0 Å². The minimum absolute atomic E-state index is 0.0589. The van der Waals surface area contributed by atoms with E-state index in [4.69, 9.17) is 0 Å². The molecule has 2 amide bonds. The van der Waals surface area contributed by atoms with Gasteiger partial charge in [0.25, 0.3) is 11.8 Å². The normalized spacial score (nSPS) is 14.7. The molecule has 3 rings (SSSR count). The molecule has 0 radical (unpaired) electrons. The lowest BCUT2D eigenvalue weighted by Gasteiger charge is -2.23. The number of anilines is 1. The Labute approximate surface area is 195 Å². The average molecular weight is 453 g/mol. The third-order valence-corrected chi connectivity index (χ3v) is 6.31. The number of carbonyl (C=O) groups is 2. The number of thioether (sulfide) groups is 1. The minimum Gasteiger partial charge on any atom is -0.346 e. The van der Waals surface area contributed by atoms with E-state index in [0.29, 0.717) is 28.8 Å². The summed E-state index contributed by atoms with van der Waals surface area (Å²) < 4.78 is 0. The number of carbonyl (C=O) groups excluding carboxylic acids is 2. The van der Waals surface area contributed by atoms with Crippen LogP contribution in [0.25, 0.3) is 6.08 Å². The van der Waals surface area contributed by atoms with Crippen molar-refractivity contribution < 1.29 is 14.5 Å². The highest BCUT2D eigenvalue weighted by Gasteiger charge is 2.20. The number of hydrogen-bond acceptors (Lipinski definition) is 3. The number of nitrogens with one attached hydrogen (secondary N) is 3. The second-order valence-corrected chi connectivity index (χ2v) is 10.2. The molecule has 32 heavy (non-hydrogen) atoms. The molecule has 0 aliphatic carbocycles. The summed E-state index contributed by atoms with van der Waals surface area (Å²) in [5.74, 6) is 1.11. The zero-order valence-corrected chi connectivity index (χ0v) is 20.2. The predicted molar refractivity (Wildman–Crippen MR) is 133 cm³/mol. The molecule has 0 bridgehead atoms. The van der Waals surface area contributed by atoms with Crippen LogP contribution in [0.2, 0.25) is 0 Å². The maximum absolute atomic E-state index is 12.6. The molecule has 0 saturated carbocycles. The summed E-state index contributed by atoms with van der Waals surface area (Å²) in [5.41, 5.74) is 2.37. The highest BCUT2D eigenvalue weighted by molar-refractivity contribution is 8.04. The van der Waals surface area contributed by atoms with Gasteiger partial charge in [0.2, 0.25) is 0 Å². The first-order valence-electron chi connectivity index (χ1n) is 11.3. The van der Waals surface area contributed by atoms with E-state index in [2.05, 4.69) is 38.3 Å². The number of rotatable bonds is 9. The molecule has 3 N–H and O–H groups in total. The summed E-state index contributed by atoms with van der Waals surface area (Å²) in [6, 6.07) is 15.1. The van der Waals surface area contributed by atoms with Gasteiger partial charge in [0.15, 0.2) is 0 Å². The van der Waals surface area contributed by atoms with Crippen molar-refractivity contribution in [1.82, 2.24) is 5.32 Å². The van der Waals surface area contributed by atoms with Crippen LogP contribution >= 0.6 is 11.8 Å². The highest BCUT2D eigenvalue weighted by atomic mass is 32.2. The molecular weight excluding hydrogens is 418 g/mol. The fraction of sp³-hybridized carbons (Fsp3) is 0.385. The van der Waals surface area contributed by atoms with Crippen LogP contribution in [0.3, 0.4) is 0 Å². The number of quaternary nitrogens is 1. The first-order valence-corrected chi connectivity index (χ1v) is 12.1. The lowest BCUT2D eigenvalue weighted by molar-refractivity contribution is -0.904. The maximum Gasteiger partial charge on any atom is 0.262 e. The van der Waals surface area contributed by atoms with Gasteiger partial charge in [-0.3, -0.25) is 9.59 Å². The third kappa shape index (κ3) is 6.97. The van der Waals surface area contributed by atoms with Crippen molar-refractivity contribution in [3.05, 3.63) is 64.6 Å². The highest BCUT2D eigenvalue weighted by Crippen LogP contribution is 2.38. The summed E-state index contributed by atoms with van der Waals surface area (Å²) in [5, 5.41) is 5.97. The van der Waals surface area contributed by atoms with Gasteiger partial charge in [-0.15, -0.1) is 0 Å². The van der Waals surface area contributed by atoms with E-state index < -0.39 is 0 Å². The van der Waals surface area contributed by atoms with Crippen LogP contribution in [0.5, 0.6) is 0 Å². The number of hydrogen-bond donors (Lipinski definition) is 3. The Morgan fingerprint density at radius 3 is 2.34 bits per heavy atom. The van der Waals surface area contributed by atoms with Gasteiger partial charge >= 0.3 is 0 Å². The van der Waals surface area contributed by atoms with Gasteiger partial charge in [-0.2, -0.15) is 0 Å². The van der Waals surface area contributed by atoms with Gasteiger partial charge < -0.3 is 15.5 Å². The minimum atomic E-state index is -0.106. The molecule has 0 unspecified atom stereocenters. The Hall–Kier alpha value is -2.57. The molecule has 0 fully saturated rings. The van der Waals surface area contributed by atoms with Crippen LogP contribution in [0.15, 0.2) is 58.3 Å². The van der Waals surface area contributed by atoms with Gasteiger partial charge in [0, 0.05) is 22.3 Å². The summed E-state index contributed by atoms with van der Waals surface area (Å²) in [6.07, 6.45) is 1.86. The first-order chi connectivity index (χ1) is 15.3. The topological polar surface area (TPSA) is 62.6 Å². The molecule has 1 heterocycles. The number of benzene rings is 2. The van der Waals surface area contributed by atoms with E-state index >= 15 is 0 Å². The zero-order valence-electron chi connectivity index (χ0n) is 19.4. The Kier molecular flexibility index (Phi) is 8.53. The molecule has 170 valence electrons. The van der Waals surface area contributed by atoms with Crippen molar-refractivity contribution in [3.63, 3.8) is 0 Å². The maximum atomic E-state index is 12.6. The number of fused-ring (bicyclic) bond motifs is 1. The molecular formula is C26H34N3O2S+. The Morgan fingerprint density at radius 1 is 1.03 bits per heavy atom. The van der Waals surface area contributed by atoms with Gasteiger partial charge in [-0.25, -0.2) is 0 Å². The SMILES string of the molecule is CC(C)C[NH+](CCNC(=O)c1ccc(C=C2Sc3ccccc3NC2=O)cc1)CC(C)C. The largest absolute Gasteiger partial charge is 0.346 e. The molecule has 0 aromatic heterocycles. The number of amides is 2. The molecule has 0 spiro atoms. The van der Waals surface area contributed by atoms with Crippen molar-refractivity contribution in [1.29, 1.82) is 0 Å². The molecule has 0 atom stereocenters. The second kappa shape index (κ2) is 11.3. The smallest absolute Gasteiger partial charge is 0.262 e. The average Bonchev–Trinajstić information content (AvgIpc) is 2.73. The second-order valence-electron chi connectivity index (χ2n) is 9.13. The van der Waals surface area contributed by atoms with E-state index in [9.17, 15) is 9.59 Å². The molecule has 2 aromatic rings. The zero-order chi connectivity index (χ0) is 23.1. The third-order valence-electron chi connectivity index (χ3n) is 5.21. The monoisotopic (exact) mass is 452 g/mol. The molecule has 5 nitrogen and oxygen atoms in total. The Bertz CT molecular complexity index is 957. The van der Waals surface area contributed by atoms with Gasteiger partial charge in [-0.1, -0.05) is 63.7 Å². The van der Waals surface area contributed by atoms with E-state index in [1.807, 2.05) is 54.6 Å². The van der Waals surface area contributed by atoms with E-state index in [-0.39, 0.29) is 11.8 Å². The summed E-state index contributed by atoms with van der Waals surface area (Å²) >= 11 is 1.46. The molecule has 1 aliphatic heterocycles. The van der Waals surface area contributed by atoms with E-state index in [1.165, 1.54) is 16.7 Å². The van der Waals surface area contributed by atoms with E-state index in [0.717, 1.165) is 35.8 Å². The molecule has 1 aliphatic rings. The standard InChI is InChI=1S/C26H33N3O2S/c1-18(2)16-29(17-19(3)4)14-13-27-25(30)21-11-9-20(10-12-21)15-24-26(31)28-22-7-5-6-8-23(22)32-24/h5-12,15,18-19H,13-14,16-17H2,1-4H3,(H,27,30)(H,28,31)/p+1. The fourth-order valence-corrected chi connectivity index (χ4v) is 4.83. The van der Waals surface area contributed by atoms with Crippen LogP contribution < -0.4 is 15.5 Å². The lowest BCUT2D eigenvalue weighted by Crippen LogP contribution is -3.13. The quantitative estimate of drug-likeness (QED) is 0.509. The Morgan fingerprint density at radius 2 is 1.69 bits per heavy atom. The molecule has 2 aromatic carbocycles. The number of para-hydroxylation sites is 1. The van der Waals surface area contributed by atoms with Gasteiger partial charge in [0.1, 0.15) is 0 Å². The van der Waals surface area contributed by atoms with Crippen molar-refractivity contribution in [2.45, 2.75) is 32.6 Å². The van der Waals surface area contributed by atoms with Crippen LogP contribution in [-0.2, 0) is 4.79 Å². The first kappa shape index (κ1) is 24.1. The lowest BCUT2D eigenvalue weighted by atomic mass is 10.1. The van der Waals surface area contributed by atoms with Crippen LogP contribution in [0.4, 0.5) is 5.69 Å². The van der Waals surface area contributed by atoms with Crippen molar-refractivity contribution >= 4 is 35.3 Å². The van der Waals surface area contributed by atoms with Crippen molar-refractivity contribution in [3.8, 4) is 0 Å². The fourth-order valence-electron chi connectivity index (χ4n) is 3.88. The summed E-state index contributed by atoms with van der Waals surface area (Å²) in [4.78, 5) is 28.1. The van der Waals surface area contributed by atoms with Gasteiger partial charge in [-0.05, 0) is 35.9 Å². The van der Waals surface area contributed by atoms with Crippen molar-refractivity contribution in [2.75, 3.05) is 31.5 Å². The van der Waals surface area contributed by atoms with Crippen molar-refractivity contribution in [2.24, 2.45) is 11.8 Å². The van der Waals surface area contributed by atoms with Gasteiger partial charge in [0.05, 0.1) is 36.8 Å². The van der Waals surface area contributed by atoms with Crippen LogP contribution in [0.1, 0.15) is 43.6 Å². The Balaban J connectivity index is 1.56. The summed E-state index contributed by atoms with van der Waals surface area (Å²) in [7, 11) is 0. The molecule has 0 saturated heterocycles. The predicted octanol–water partition coefficient (Wildman–Crippen LogP) is 3.70. The summed E-state index contributed by atoms with van der Waals surface area (Å²) in [6.45, 7) is 12.8. The van der Waals surface area contributed by atoms with Crippen LogP contribution in [0, 0.1) is 11.8 Å². The van der Waals surface area contributed by atoms with Crippen LogP contribution in [-0.4, -0.2) is 38.0 Å². The molecule has 6 heteroatoms.